The van der Waals surface area contributed by atoms with Gasteiger partial charge in [0, 0.05) is 12.1 Å². The van der Waals surface area contributed by atoms with E-state index in [-0.39, 0.29) is 11.6 Å². The van der Waals surface area contributed by atoms with Gasteiger partial charge in [0.15, 0.2) is 6.04 Å². The van der Waals surface area contributed by atoms with Crippen molar-refractivity contribution in [2.45, 2.75) is 45.7 Å². The van der Waals surface area contributed by atoms with Crippen LogP contribution >= 0.6 is 0 Å². The predicted molar refractivity (Wildman–Crippen MR) is 73.2 cm³/mol. The van der Waals surface area contributed by atoms with Crippen molar-refractivity contribution < 1.29 is 0 Å². The molecule has 1 aromatic carbocycles. The molecule has 0 fully saturated rings. The van der Waals surface area contributed by atoms with E-state index < -0.39 is 0 Å². The van der Waals surface area contributed by atoms with Gasteiger partial charge in [0.05, 0.1) is 11.6 Å². The van der Waals surface area contributed by atoms with Crippen molar-refractivity contribution in [2.24, 2.45) is 5.10 Å². The summed E-state index contributed by atoms with van der Waals surface area (Å²) in [6.07, 6.45) is 0.914. The van der Waals surface area contributed by atoms with Crippen LogP contribution in [0.2, 0.25) is 0 Å². The zero-order chi connectivity index (χ0) is 13.3. The van der Waals surface area contributed by atoms with Crippen molar-refractivity contribution in [3.63, 3.8) is 0 Å². The molecule has 0 bridgehead atoms. The van der Waals surface area contributed by atoms with Crippen molar-refractivity contribution in [2.75, 3.05) is 0 Å². The summed E-state index contributed by atoms with van der Waals surface area (Å²) in [5, 5.41) is 16.0. The van der Waals surface area contributed by atoms with Gasteiger partial charge in [-0.2, -0.15) is 10.4 Å². The maximum Gasteiger partial charge on any atom is 0.159 e. The lowest BCUT2D eigenvalue weighted by molar-refractivity contribution is 0.122. The Morgan fingerprint density at radius 1 is 1.33 bits per heavy atom. The molecule has 1 atom stereocenters. The van der Waals surface area contributed by atoms with Gasteiger partial charge in [-0.05, 0) is 38.8 Å². The fourth-order valence-corrected chi connectivity index (χ4v) is 2.62. The maximum atomic E-state index is 9.52. The van der Waals surface area contributed by atoms with Crippen LogP contribution in [0.25, 0.3) is 0 Å². The van der Waals surface area contributed by atoms with Crippen LogP contribution < -0.4 is 0 Å². The van der Waals surface area contributed by atoms with Crippen LogP contribution in [-0.4, -0.2) is 16.3 Å². The first-order valence-corrected chi connectivity index (χ1v) is 6.24. The summed E-state index contributed by atoms with van der Waals surface area (Å²) >= 11 is 0. The summed E-state index contributed by atoms with van der Waals surface area (Å²) in [5.74, 6) is 0. The van der Waals surface area contributed by atoms with Gasteiger partial charge in [0.2, 0.25) is 0 Å². The number of rotatable bonds is 2. The number of hydrogen-bond acceptors (Lipinski definition) is 3. The first kappa shape index (κ1) is 12.6. The number of aryl methyl sites for hydroxylation is 1. The Morgan fingerprint density at radius 3 is 2.50 bits per heavy atom. The van der Waals surface area contributed by atoms with Crippen molar-refractivity contribution in [1.82, 2.24) is 5.01 Å². The molecule has 0 saturated carbocycles. The molecule has 0 radical (unpaired) electrons. The number of nitrogens with zero attached hydrogens (tertiary/aromatic N) is 3. The van der Waals surface area contributed by atoms with Crippen molar-refractivity contribution >= 4 is 5.71 Å². The SMILES string of the molecule is CC1=NN(C(C#N)c2ccccc2C)C(C)(C)C1. The summed E-state index contributed by atoms with van der Waals surface area (Å²) in [6, 6.07) is 10.1. The number of hydrazone groups is 1. The van der Waals surface area contributed by atoms with Crippen LogP contribution in [0.15, 0.2) is 29.4 Å². The maximum absolute atomic E-state index is 9.52. The Hall–Kier alpha value is -1.82. The number of hydrogen-bond donors (Lipinski definition) is 0. The summed E-state index contributed by atoms with van der Waals surface area (Å²) in [6.45, 7) is 8.33. The van der Waals surface area contributed by atoms with Gasteiger partial charge in [-0.25, -0.2) is 0 Å². The highest BCUT2D eigenvalue weighted by atomic mass is 15.5. The largest absolute Gasteiger partial charge is 0.269 e. The molecule has 0 saturated heterocycles. The van der Waals surface area contributed by atoms with Crippen molar-refractivity contribution in [1.29, 1.82) is 5.26 Å². The zero-order valence-corrected chi connectivity index (χ0v) is 11.4. The fourth-order valence-electron chi connectivity index (χ4n) is 2.62. The Bertz CT molecular complexity index is 523. The second-order valence-electron chi connectivity index (χ2n) is 5.56. The van der Waals surface area contributed by atoms with Crippen LogP contribution in [0.5, 0.6) is 0 Å². The van der Waals surface area contributed by atoms with E-state index >= 15 is 0 Å². The van der Waals surface area contributed by atoms with Crippen LogP contribution in [-0.2, 0) is 0 Å². The molecule has 3 heteroatoms. The molecule has 94 valence electrons. The van der Waals surface area contributed by atoms with Crippen LogP contribution in [0.4, 0.5) is 0 Å². The van der Waals surface area contributed by atoms with Gasteiger partial charge in [0.25, 0.3) is 0 Å². The molecule has 0 amide bonds. The van der Waals surface area contributed by atoms with E-state index in [1.807, 2.05) is 43.1 Å². The molecule has 18 heavy (non-hydrogen) atoms. The Balaban J connectivity index is 2.42. The minimum absolute atomic E-state index is 0.0905. The average molecular weight is 241 g/mol. The van der Waals surface area contributed by atoms with Crippen LogP contribution in [0.1, 0.15) is 44.4 Å². The minimum Gasteiger partial charge on any atom is -0.269 e. The van der Waals surface area contributed by atoms with Gasteiger partial charge in [-0.1, -0.05) is 24.3 Å². The third kappa shape index (κ3) is 2.11. The molecular formula is C15H19N3. The molecular weight excluding hydrogens is 222 g/mol. The molecule has 1 heterocycles. The summed E-state index contributed by atoms with van der Waals surface area (Å²) < 4.78 is 0. The first-order chi connectivity index (χ1) is 8.45. The Kier molecular flexibility index (Phi) is 3.13. The monoisotopic (exact) mass is 241 g/mol. The first-order valence-electron chi connectivity index (χ1n) is 6.24. The van der Waals surface area contributed by atoms with E-state index in [0.29, 0.717) is 0 Å². The lowest BCUT2D eigenvalue weighted by Gasteiger charge is -2.34. The van der Waals surface area contributed by atoms with Gasteiger partial charge in [-0.15, -0.1) is 0 Å². The lowest BCUT2D eigenvalue weighted by atomic mass is 9.94. The van der Waals surface area contributed by atoms with E-state index in [2.05, 4.69) is 25.0 Å². The molecule has 3 nitrogen and oxygen atoms in total. The molecule has 2 rings (SSSR count). The van der Waals surface area contributed by atoms with Crippen LogP contribution in [0.3, 0.4) is 0 Å². The second-order valence-corrected chi connectivity index (χ2v) is 5.56. The van der Waals surface area contributed by atoms with Gasteiger partial charge in [0.1, 0.15) is 0 Å². The Morgan fingerprint density at radius 2 is 2.00 bits per heavy atom. The second kappa shape index (κ2) is 4.45. The number of benzene rings is 1. The van der Waals surface area contributed by atoms with E-state index in [9.17, 15) is 5.26 Å². The molecule has 0 aromatic heterocycles. The number of nitriles is 1. The van der Waals surface area contributed by atoms with E-state index in [1.54, 1.807) is 0 Å². The van der Waals surface area contributed by atoms with E-state index in [1.165, 1.54) is 0 Å². The molecule has 1 aromatic rings. The molecule has 1 aliphatic rings. The minimum atomic E-state index is -0.307. The van der Waals surface area contributed by atoms with E-state index in [4.69, 9.17) is 0 Å². The molecule has 0 N–H and O–H groups in total. The third-order valence-electron chi connectivity index (χ3n) is 3.44. The average Bonchev–Trinajstić information content (AvgIpc) is 2.56. The summed E-state index contributed by atoms with van der Waals surface area (Å²) in [4.78, 5) is 0. The van der Waals surface area contributed by atoms with Gasteiger partial charge in [-0.3, -0.25) is 5.01 Å². The zero-order valence-electron chi connectivity index (χ0n) is 11.4. The van der Waals surface area contributed by atoms with Gasteiger partial charge >= 0.3 is 0 Å². The van der Waals surface area contributed by atoms with Gasteiger partial charge < -0.3 is 0 Å². The molecule has 1 aliphatic heterocycles. The summed E-state index contributed by atoms with van der Waals surface area (Å²) in [5.41, 5.74) is 3.19. The Labute approximate surface area is 109 Å². The third-order valence-corrected chi connectivity index (χ3v) is 3.44. The highest BCUT2D eigenvalue weighted by Crippen LogP contribution is 2.36. The normalized spacial score (nSPS) is 19.3. The smallest absolute Gasteiger partial charge is 0.159 e. The summed E-state index contributed by atoms with van der Waals surface area (Å²) in [7, 11) is 0. The standard InChI is InChI=1S/C15H19N3/c1-11-7-5-6-8-13(11)14(10-16)18-15(3,4)9-12(2)17-18/h5-8,14H,9H2,1-4H3. The van der Waals surface area contributed by atoms with Crippen LogP contribution in [0, 0.1) is 18.3 Å². The molecule has 0 spiro atoms. The predicted octanol–water partition coefficient (Wildman–Crippen LogP) is 3.42. The highest BCUT2D eigenvalue weighted by Gasteiger charge is 2.38. The fraction of sp³-hybridized carbons (Fsp3) is 0.467. The quantitative estimate of drug-likeness (QED) is 0.795. The highest BCUT2D eigenvalue weighted by molar-refractivity contribution is 5.84. The topological polar surface area (TPSA) is 39.4 Å². The molecule has 0 aliphatic carbocycles. The van der Waals surface area contributed by atoms with E-state index in [0.717, 1.165) is 23.3 Å². The van der Waals surface area contributed by atoms with Crippen molar-refractivity contribution in [3.05, 3.63) is 35.4 Å². The molecule has 1 unspecified atom stereocenters. The van der Waals surface area contributed by atoms with Crippen molar-refractivity contribution in [3.8, 4) is 6.07 Å². The lowest BCUT2D eigenvalue weighted by Crippen LogP contribution is -2.38.